The normalized spacial score (nSPS) is 20.1. The van der Waals surface area contributed by atoms with Crippen LogP contribution < -0.4 is 5.32 Å². The molecule has 0 bridgehead atoms. The summed E-state index contributed by atoms with van der Waals surface area (Å²) in [6.07, 6.45) is 1.13. The molecule has 1 aromatic carbocycles. The Hall–Kier alpha value is -0.680. The topological polar surface area (TPSA) is 15.3 Å². The van der Waals surface area contributed by atoms with Crippen molar-refractivity contribution in [1.29, 1.82) is 0 Å². The summed E-state index contributed by atoms with van der Waals surface area (Å²) in [6, 6.07) is 15.8. The Balaban J connectivity index is 1.67. The van der Waals surface area contributed by atoms with Gasteiger partial charge in [-0.3, -0.25) is 4.90 Å². The zero-order valence-electron chi connectivity index (χ0n) is 11.4. The maximum atomic E-state index is 3.55. The van der Waals surface area contributed by atoms with Crippen LogP contribution in [0, 0.1) is 0 Å². The molecule has 3 rings (SSSR count). The monoisotopic (exact) mass is 350 g/mol. The smallest absolute Gasteiger partial charge is 0.0701 e. The van der Waals surface area contributed by atoms with Crippen molar-refractivity contribution >= 4 is 27.3 Å². The molecule has 1 aliphatic rings. The summed E-state index contributed by atoms with van der Waals surface area (Å²) in [5.74, 6) is 0. The second kappa shape index (κ2) is 6.85. The minimum absolute atomic E-state index is 0.590. The average molecular weight is 351 g/mol. The molecule has 1 fully saturated rings. The highest BCUT2D eigenvalue weighted by atomic mass is 79.9. The van der Waals surface area contributed by atoms with E-state index in [1.807, 2.05) is 11.3 Å². The van der Waals surface area contributed by atoms with Gasteiger partial charge in [-0.15, -0.1) is 11.3 Å². The van der Waals surface area contributed by atoms with Crippen molar-refractivity contribution in [3.05, 3.63) is 56.7 Å². The first-order chi connectivity index (χ1) is 9.81. The van der Waals surface area contributed by atoms with Crippen LogP contribution in [0.2, 0.25) is 0 Å². The summed E-state index contributed by atoms with van der Waals surface area (Å²) in [7, 11) is 0. The summed E-state index contributed by atoms with van der Waals surface area (Å²) in [4.78, 5) is 4.05. The maximum Gasteiger partial charge on any atom is 0.0701 e. The lowest BCUT2D eigenvalue weighted by atomic mass is 10.0. The highest BCUT2D eigenvalue weighted by molar-refractivity contribution is 9.11. The quantitative estimate of drug-likeness (QED) is 0.907. The minimum atomic E-state index is 0.590. The SMILES string of the molecule is Brc1ccc(CN2CCNCC2Cc2ccccc2)s1. The van der Waals surface area contributed by atoms with Crippen molar-refractivity contribution in [2.75, 3.05) is 19.6 Å². The van der Waals surface area contributed by atoms with Crippen LogP contribution in [0.25, 0.3) is 0 Å². The third-order valence-electron chi connectivity index (χ3n) is 3.77. The Bertz CT molecular complexity index is 540. The van der Waals surface area contributed by atoms with E-state index < -0.39 is 0 Å². The van der Waals surface area contributed by atoms with E-state index in [0.717, 1.165) is 32.6 Å². The molecule has 0 saturated carbocycles. The molecule has 2 nitrogen and oxygen atoms in total. The van der Waals surface area contributed by atoms with E-state index in [4.69, 9.17) is 0 Å². The van der Waals surface area contributed by atoms with Gasteiger partial charge in [0.1, 0.15) is 0 Å². The fraction of sp³-hybridized carbons (Fsp3) is 0.375. The number of halogens is 1. The molecule has 1 N–H and O–H groups in total. The van der Waals surface area contributed by atoms with E-state index >= 15 is 0 Å². The highest BCUT2D eigenvalue weighted by Gasteiger charge is 2.22. The van der Waals surface area contributed by atoms with Crippen LogP contribution >= 0.6 is 27.3 Å². The Morgan fingerprint density at radius 2 is 2.05 bits per heavy atom. The summed E-state index contributed by atoms with van der Waals surface area (Å²) < 4.78 is 1.22. The first kappa shape index (κ1) is 14.3. The van der Waals surface area contributed by atoms with Crippen molar-refractivity contribution in [3.8, 4) is 0 Å². The standard InChI is InChI=1S/C16H19BrN2S/c17-16-7-6-15(20-16)12-19-9-8-18-11-14(19)10-13-4-2-1-3-5-13/h1-7,14,18H,8-12H2. The van der Waals surface area contributed by atoms with Gasteiger partial charge >= 0.3 is 0 Å². The molecule has 1 aromatic heterocycles. The van der Waals surface area contributed by atoms with Crippen LogP contribution in [0.15, 0.2) is 46.3 Å². The molecule has 0 amide bonds. The summed E-state index contributed by atoms with van der Waals surface area (Å²) >= 11 is 5.40. The van der Waals surface area contributed by atoms with Gasteiger partial charge in [-0.05, 0) is 40.0 Å². The highest BCUT2D eigenvalue weighted by Crippen LogP contribution is 2.24. The summed E-state index contributed by atoms with van der Waals surface area (Å²) in [5.41, 5.74) is 1.43. The van der Waals surface area contributed by atoms with Crippen molar-refractivity contribution in [2.24, 2.45) is 0 Å². The molecular weight excluding hydrogens is 332 g/mol. The van der Waals surface area contributed by atoms with Crippen LogP contribution in [0.3, 0.4) is 0 Å². The van der Waals surface area contributed by atoms with Gasteiger partial charge in [-0.25, -0.2) is 0 Å². The molecule has 0 spiro atoms. The number of hydrogen-bond donors (Lipinski definition) is 1. The van der Waals surface area contributed by atoms with Gasteiger partial charge in [0.15, 0.2) is 0 Å². The van der Waals surface area contributed by atoms with Crippen molar-refractivity contribution in [3.63, 3.8) is 0 Å². The molecular formula is C16H19BrN2S. The van der Waals surface area contributed by atoms with Crippen molar-refractivity contribution in [2.45, 2.75) is 19.0 Å². The van der Waals surface area contributed by atoms with Crippen LogP contribution in [0.1, 0.15) is 10.4 Å². The molecule has 2 heterocycles. The average Bonchev–Trinajstić information content (AvgIpc) is 2.88. The Kier molecular flexibility index (Phi) is 4.89. The molecule has 106 valence electrons. The molecule has 0 aliphatic carbocycles. The Labute approximate surface area is 132 Å². The molecule has 0 radical (unpaired) electrons. The number of benzene rings is 1. The van der Waals surface area contributed by atoms with E-state index in [1.54, 1.807) is 0 Å². The number of rotatable bonds is 4. The molecule has 2 aromatic rings. The van der Waals surface area contributed by atoms with Gasteiger partial charge in [-0.1, -0.05) is 30.3 Å². The Morgan fingerprint density at radius 3 is 2.80 bits per heavy atom. The number of nitrogens with zero attached hydrogens (tertiary/aromatic N) is 1. The molecule has 1 atom stereocenters. The summed E-state index contributed by atoms with van der Waals surface area (Å²) in [5, 5.41) is 3.53. The lowest BCUT2D eigenvalue weighted by molar-refractivity contribution is 0.153. The first-order valence-corrected chi connectivity index (χ1v) is 8.65. The molecule has 20 heavy (non-hydrogen) atoms. The van der Waals surface area contributed by atoms with Crippen LogP contribution in [-0.4, -0.2) is 30.6 Å². The third-order valence-corrected chi connectivity index (χ3v) is 5.38. The van der Waals surface area contributed by atoms with Crippen LogP contribution in [-0.2, 0) is 13.0 Å². The third kappa shape index (κ3) is 3.70. The van der Waals surface area contributed by atoms with Gasteiger partial charge < -0.3 is 5.32 Å². The zero-order valence-corrected chi connectivity index (χ0v) is 13.8. The lowest BCUT2D eigenvalue weighted by Gasteiger charge is -2.36. The fourth-order valence-corrected chi connectivity index (χ4v) is 4.24. The molecule has 1 saturated heterocycles. The zero-order chi connectivity index (χ0) is 13.8. The Morgan fingerprint density at radius 1 is 1.20 bits per heavy atom. The first-order valence-electron chi connectivity index (χ1n) is 7.04. The minimum Gasteiger partial charge on any atom is -0.314 e. The van der Waals surface area contributed by atoms with Gasteiger partial charge in [0, 0.05) is 37.1 Å². The predicted octanol–water partition coefficient (Wildman–Crippen LogP) is 3.53. The second-order valence-corrected chi connectivity index (χ2v) is 7.77. The molecule has 1 aliphatic heterocycles. The van der Waals surface area contributed by atoms with E-state index in [9.17, 15) is 0 Å². The number of hydrogen-bond acceptors (Lipinski definition) is 3. The number of thiophene rings is 1. The largest absolute Gasteiger partial charge is 0.314 e. The van der Waals surface area contributed by atoms with E-state index in [2.05, 4.69) is 68.6 Å². The predicted molar refractivity (Wildman–Crippen MR) is 89.2 cm³/mol. The van der Waals surface area contributed by atoms with E-state index in [-0.39, 0.29) is 0 Å². The van der Waals surface area contributed by atoms with Gasteiger partial charge in [0.2, 0.25) is 0 Å². The van der Waals surface area contributed by atoms with Crippen LogP contribution in [0.4, 0.5) is 0 Å². The molecule has 1 unspecified atom stereocenters. The summed E-state index contributed by atoms with van der Waals surface area (Å²) in [6.45, 7) is 4.38. The molecule has 4 heteroatoms. The fourth-order valence-electron chi connectivity index (χ4n) is 2.74. The number of piperazine rings is 1. The van der Waals surface area contributed by atoms with Gasteiger partial charge in [0.25, 0.3) is 0 Å². The van der Waals surface area contributed by atoms with Gasteiger partial charge in [0.05, 0.1) is 3.79 Å². The van der Waals surface area contributed by atoms with Crippen molar-refractivity contribution in [1.82, 2.24) is 10.2 Å². The lowest BCUT2D eigenvalue weighted by Crippen LogP contribution is -2.51. The van der Waals surface area contributed by atoms with Crippen molar-refractivity contribution < 1.29 is 0 Å². The van der Waals surface area contributed by atoms with E-state index in [0.29, 0.717) is 6.04 Å². The second-order valence-electron chi connectivity index (χ2n) is 5.22. The van der Waals surface area contributed by atoms with E-state index in [1.165, 1.54) is 14.2 Å². The van der Waals surface area contributed by atoms with Crippen LogP contribution in [0.5, 0.6) is 0 Å². The van der Waals surface area contributed by atoms with Gasteiger partial charge in [-0.2, -0.15) is 0 Å². The number of nitrogens with one attached hydrogen (secondary N) is 1. The maximum absolute atomic E-state index is 3.55.